The average Bonchev–Trinajstić information content (AvgIpc) is 3.03. The number of nitrogens with zero attached hydrogens (tertiary/aromatic N) is 3. The molecule has 5 nitrogen and oxygen atoms in total. The van der Waals surface area contributed by atoms with Crippen molar-refractivity contribution < 1.29 is 13.5 Å². The molecular weight excluding hydrogens is 333 g/mol. The van der Waals surface area contributed by atoms with E-state index >= 15 is 0 Å². The smallest absolute Gasteiger partial charge is 0.235 e. The van der Waals surface area contributed by atoms with E-state index in [2.05, 4.69) is 34.2 Å². The zero-order chi connectivity index (χ0) is 18.1. The normalized spacial score (nSPS) is 16.3. The molecule has 1 aliphatic rings. The molecule has 0 N–H and O–H groups in total. The molecule has 0 spiro atoms. The topological polar surface area (TPSA) is 51.4 Å². The highest BCUT2D eigenvalue weighted by Crippen LogP contribution is 2.34. The maximum absolute atomic E-state index is 13.5. The third kappa shape index (κ3) is 3.40. The minimum atomic E-state index is -0.309. The van der Waals surface area contributed by atoms with Crippen molar-refractivity contribution in [2.24, 2.45) is 0 Å². The van der Waals surface area contributed by atoms with Gasteiger partial charge in [-0.1, -0.05) is 24.3 Å². The van der Waals surface area contributed by atoms with Crippen LogP contribution in [0.1, 0.15) is 29.8 Å². The second-order valence-corrected chi connectivity index (χ2v) is 6.61. The summed E-state index contributed by atoms with van der Waals surface area (Å²) >= 11 is 0. The molecule has 2 heterocycles. The van der Waals surface area contributed by atoms with Crippen LogP contribution in [0.5, 0.6) is 5.75 Å². The van der Waals surface area contributed by atoms with Crippen molar-refractivity contribution in [1.29, 1.82) is 0 Å². The number of aromatic nitrogens is 2. The van der Waals surface area contributed by atoms with E-state index in [1.165, 1.54) is 23.3 Å². The minimum Gasteiger partial charge on any atom is -0.487 e. The van der Waals surface area contributed by atoms with Crippen molar-refractivity contribution in [3.63, 3.8) is 0 Å². The Morgan fingerprint density at radius 1 is 1.15 bits per heavy atom. The van der Waals surface area contributed by atoms with Gasteiger partial charge in [0.25, 0.3) is 0 Å². The molecule has 1 atom stereocenters. The summed E-state index contributed by atoms with van der Waals surface area (Å²) in [5.74, 6) is 1.37. The summed E-state index contributed by atoms with van der Waals surface area (Å²) in [6, 6.07) is 12.7. The zero-order valence-electron chi connectivity index (χ0n) is 14.8. The van der Waals surface area contributed by atoms with Crippen LogP contribution >= 0.6 is 0 Å². The lowest BCUT2D eigenvalue weighted by molar-refractivity contribution is 0.209. The fourth-order valence-electron chi connectivity index (χ4n) is 3.21. The Morgan fingerprint density at radius 2 is 1.96 bits per heavy atom. The molecule has 6 heteroatoms. The van der Waals surface area contributed by atoms with Gasteiger partial charge in [-0.05, 0) is 37.1 Å². The molecule has 0 amide bonds. The van der Waals surface area contributed by atoms with Crippen molar-refractivity contribution in [2.75, 3.05) is 11.4 Å². The maximum Gasteiger partial charge on any atom is 0.235 e. The molecule has 0 fully saturated rings. The molecule has 0 unspecified atom stereocenters. The molecule has 1 aromatic heterocycles. The lowest BCUT2D eigenvalue weighted by atomic mass is 10.1. The Hall–Kier alpha value is -2.89. The van der Waals surface area contributed by atoms with Crippen molar-refractivity contribution in [2.45, 2.75) is 32.9 Å². The number of anilines is 1. The number of ether oxygens (including phenoxy) is 1. The third-order valence-electron chi connectivity index (χ3n) is 4.51. The molecule has 1 aliphatic heterocycles. The predicted molar refractivity (Wildman–Crippen MR) is 95.8 cm³/mol. The highest BCUT2D eigenvalue weighted by Gasteiger charge is 2.25. The first-order valence-corrected chi connectivity index (χ1v) is 8.65. The highest BCUT2D eigenvalue weighted by atomic mass is 19.1. The van der Waals surface area contributed by atoms with Crippen LogP contribution in [0.25, 0.3) is 0 Å². The predicted octanol–water partition coefficient (Wildman–Crippen LogP) is 3.90. The maximum atomic E-state index is 13.5. The first-order chi connectivity index (χ1) is 12.6. The third-order valence-corrected chi connectivity index (χ3v) is 4.51. The fourth-order valence-corrected chi connectivity index (χ4v) is 3.21. The van der Waals surface area contributed by atoms with Gasteiger partial charge in [0.15, 0.2) is 0 Å². The van der Waals surface area contributed by atoms with E-state index in [1.807, 2.05) is 19.1 Å². The number of halogens is 1. The SMILES string of the molecule is Cc1ccccc1Cc1nnc(CN2C[C@@H](C)Oc3cc(F)ccc32)o1. The number of hydrogen-bond donors (Lipinski definition) is 0. The van der Waals surface area contributed by atoms with Gasteiger partial charge in [-0.2, -0.15) is 0 Å². The van der Waals surface area contributed by atoms with Gasteiger partial charge in [-0.25, -0.2) is 4.39 Å². The number of benzene rings is 2. The molecule has 3 aromatic rings. The number of fused-ring (bicyclic) bond motifs is 1. The van der Waals surface area contributed by atoms with Crippen LogP contribution in [-0.4, -0.2) is 22.8 Å². The van der Waals surface area contributed by atoms with Gasteiger partial charge >= 0.3 is 0 Å². The van der Waals surface area contributed by atoms with E-state index in [4.69, 9.17) is 9.15 Å². The van der Waals surface area contributed by atoms with Gasteiger partial charge < -0.3 is 14.1 Å². The first kappa shape index (κ1) is 16.6. The summed E-state index contributed by atoms with van der Waals surface area (Å²) in [6.45, 7) is 5.16. The van der Waals surface area contributed by atoms with Crippen molar-refractivity contribution in [3.8, 4) is 5.75 Å². The molecule has 0 saturated carbocycles. The summed E-state index contributed by atoms with van der Waals surface area (Å²) in [6.07, 6.45) is 0.569. The number of aryl methyl sites for hydroxylation is 1. The van der Waals surface area contributed by atoms with Gasteiger partial charge in [0.05, 0.1) is 25.2 Å². The highest BCUT2D eigenvalue weighted by molar-refractivity contribution is 5.60. The largest absolute Gasteiger partial charge is 0.487 e. The van der Waals surface area contributed by atoms with Gasteiger partial charge in [-0.3, -0.25) is 0 Å². The molecule has 0 bridgehead atoms. The molecule has 2 aromatic carbocycles. The van der Waals surface area contributed by atoms with Crippen LogP contribution in [0.2, 0.25) is 0 Å². The molecule has 134 valence electrons. The van der Waals surface area contributed by atoms with Crippen molar-refractivity contribution in [1.82, 2.24) is 10.2 Å². The van der Waals surface area contributed by atoms with Crippen molar-refractivity contribution in [3.05, 3.63) is 71.2 Å². The summed E-state index contributed by atoms with van der Waals surface area (Å²) in [5, 5.41) is 8.35. The summed E-state index contributed by atoms with van der Waals surface area (Å²) in [4.78, 5) is 2.08. The molecule has 4 rings (SSSR count). The van der Waals surface area contributed by atoms with E-state index in [0.717, 1.165) is 5.69 Å². The second kappa shape index (κ2) is 6.78. The molecule has 0 radical (unpaired) electrons. The Kier molecular flexibility index (Phi) is 4.32. The lowest BCUT2D eigenvalue weighted by Crippen LogP contribution is -2.38. The van der Waals surface area contributed by atoms with Crippen LogP contribution in [0.4, 0.5) is 10.1 Å². The van der Waals surface area contributed by atoms with Crippen molar-refractivity contribution >= 4 is 5.69 Å². The number of rotatable bonds is 4. The zero-order valence-corrected chi connectivity index (χ0v) is 14.8. The monoisotopic (exact) mass is 353 g/mol. The van der Waals surface area contributed by atoms with Gasteiger partial charge in [0, 0.05) is 6.07 Å². The first-order valence-electron chi connectivity index (χ1n) is 8.65. The molecular formula is C20H20FN3O2. The standard InChI is InChI=1S/C20H20FN3O2/c1-13-5-3-4-6-15(13)9-19-22-23-20(26-19)12-24-11-14(2)25-18-10-16(21)7-8-17(18)24/h3-8,10,14H,9,11-12H2,1-2H3/t14-/m1/s1. The van der Waals surface area contributed by atoms with Crippen LogP contribution in [0.15, 0.2) is 46.9 Å². The average molecular weight is 353 g/mol. The summed E-state index contributed by atoms with van der Waals surface area (Å²) < 4.78 is 25.0. The van der Waals surface area contributed by atoms with Crippen LogP contribution in [-0.2, 0) is 13.0 Å². The van der Waals surface area contributed by atoms with Gasteiger partial charge in [0.1, 0.15) is 17.7 Å². The Bertz CT molecular complexity index is 925. The van der Waals surface area contributed by atoms with Crippen LogP contribution in [0.3, 0.4) is 0 Å². The summed E-state index contributed by atoms with van der Waals surface area (Å²) in [5.41, 5.74) is 3.21. The lowest BCUT2D eigenvalue weighted by Gasteiger charge is -2.34. The Morgan fingerprint density at radius 3 is 2.81 bits per heavy atom. The molecule has 0 aliphatic carbocycles. The van der Waals surface area contributed by atoms with E-state index in [-0.39, 0.29) is 11.9 Å². The molecule has 26 heavy (non-hydrogen) atoms. The van der Waals surface area contributed by atoms with Gasteiger partial charge in [0.2, 0.25) is 11.8 Å². The van der Waals surface area contributed by atoms with E-state index in [0.29, 0.717) is 37.0 Å². The number of hydrogen-bond acceptors (Lipinski definition) is 5. The minimum absolute atomic E-state index is 0.0429. The van der Waals surface area contributed by atoms with E-state index in [9.17, 15) is 4.39 Å². The Balaban J connectivity index is 1.52. The molecule has 0 saturated heterocycles. The quantitative estimate of drug-likeness (QED) is 0.712. The van der Waals surface area contributed by atoms with E-state index in [1.54, 1.807) is 6.07 Å². The fraction of sp³-hybridized carbons (Fsp3) is 0.300. The van der Waals surface area contributed by atoms with Crippen LogP contribution < -0.4 is 9.64 Å². The van der Waals surface area contributed by atoms with E-state index < -0.39 is 0 Å². The van der Waals surface area contributed by atoms with Crippen LogP contribution in [0, 0.1) is 12.7 Å². The Labute approximate surface area is 151 Å². The second-order valence-electron chi connectivity index (χ2n) is 6.61. The van der Waals surface area contributed by atoms with Gasteiger partial charge in [-0.15, -0.1) is 10.2 Å². The summed E-state index contributed by atoms with van der Waals surface area (Å²) in [7, 11) is 0.